The van der Waals surface area contributed by atoms with E-state index in [1.165, 1.54) is 6.08 Å². The van der Waals surface area contributed by atoms with Gasteiger partial charge in [0.1, 0.15) is 0 Å². The number of ketones is 2. The summed E-state index contributed by atoms with van der Waals surface area (Å²) in [5.41, 5.74) is 1.81. The Morgan fingerprint density at radius 1 is 0.864 bits per heavy atom. The van der Waals surface area contributed by atoms with E-state index in [0.29, 0.717) is 12.1 Å². The quantitative estimate of drug-likeness (QED) is 0.598. The molecule has 0 unspecified atom stereocenters. The maximum Gasteiger partial charge on any atom is 0.163 e. The largest absolute Gasteiger partial charge is 0.387 e. The van der Waals surface area contributed by atoms with Crippen molar-refractivity contribution in [1.29, 1.82) is 0 Å². The minimum atomic E-state index is -0.0511. The molecule has 0 amide bonds. The average Bonchev–Trinajstić information content (AvgIpc) is 2.58. The molecule has 112 valence electrons. The van der Waals surface area contributed by atoms with Gasteiger partial charge in [0.15, 0.2) is 11.6 Å². The number of hydrogen-bond donors (Lipinski definition) is 1. The molecule has 0 bridgehead atoms. The minimum absolute atomic E-state index is 0.000375. The molecule has 0 spiro atoms. The fourth-order valence-electron chi connectivity index (χ4n) is 2.01. The van der Waals surface area contributed by atoms with Gasteiger partial charge in [0.05, 0.1) is 0 Å². The van der Waals surface area contributed by atoms with E-state index in [2.05, 4.69) is 5.32 Å². The maximum absolute atomic E-state index is 11.9. The molecule has 2 aromatic rings. The molecule has 3 nitrogen and oxygen atoms in total. The van der Waals surface area contributed by atoms with Crippen molar-refractivity contribution in [2.24, 2.45) is 0 Å². The highest BCUT2D eigenvalue weighted by molar-refractivity contribution is 5.99. The number of Topliss-reactive ketones (excluding diaryl/α,β-unsaturated/α-hetero) is 1. The van der Waals surface area contributed by atoms with Gasteiger partial charge in [0.25, 0.3) is 0 Å². The number of hydrogen-bond acceptors (Lipinski definition) is 3. The molecule has 1 N–H and O–H groups in total. The van der Waals surface area contributed by atoms with E-state index in [-0.39, 0.29) is 24.4 Å². The zero-order valence-electron chi connectivity index (χ0n) is 12.4. The molecule has 0 fully saturated rings. The first-order valence-electron chi connectivity index (χ1n) is 7.30. The van der Waals surface area contributed by atoms with Gasteiger partial charge in [-0.2, -0.15) is 0 Å². The third-order valence-corrected chi connectivity index (χ3v) is 3.23. The van der Waals surface area contributed by atoms with Crippen LogP contribution in [0, 0.1) is 0 Å². The van der Waals surface area contributed by atoms with Crippen LogP contribution in [-0.4, -0.2) is 11.6 Å². The number of carbonyl (C=O) groups is 2. The van der Waals surface area contributed by atoms with Crippen LogP contribution in [0.4, 0.5) is 0 Å². The lowest BCUT2D eigenvalue weighted by atomic mass is 10.1. The number of nitrogens with one attached hydrogen (secondary N) is 1. The van der Waals surface area contributed by atoms with Gasteiger partial charge in [0, 0.05) is 31.1 Å². The summed E-state index contributed by atoms with van der Waals surface area (Å²) >= 11 is 0. The van der Waals surface area contributed by atoms with E-state index < -0.39 is 0 Å². The van der Waals surface area contributed by atoms with E-state index in [0.717, 1.165) is 5.56 Å². The molecule has 0 aromatic heterocycles. The van der Waals surface area contributed by atoms with Crippen molar-refractivity contribution in [1.82, 2.24) is 5.32 Å². The third-order valence-electron chi connectivity index (χ3n) is 3.23. The fraction of sp³-hybridized carbons (Fsp3) is 0.158. The van der Waals surface area contributed by atoms with Gasteiger partial charge in [-0.05, 0) is 11.6 Å². The molecule has 0 aliphatic carbocycles. The predicted octanol–water partition coefficient (Wildman–Crippen LogP) is 3.52. The zero-order chi connectivity index (χ0) is 15.6. The van der Waals surface area contributed by atoms with Gasteiger partial charge in [-0.1, -0.05) is 60.7 Å². The summed E-state index contributed by atoms with van der Waals surface area (Å²) in [4.78, 5) is 23.6. The molecule has 2 rings (SSSR count). The predicted molar refractivity (Wildman–Crippen MR) is 87.4 cm³/mol. The highest BCUT2D eigenvalue weighted by Crippen LogP contribution is 2.05. The topological polar surface area (TPSA) is 46.2 Å². The Bertz CT molecular complexity index is 633. The monoisotopic (exact) mass is 293 g/mol. The van der Waals surface area contributed by atoms with Crippen LogP contribution < -0.4 is 5.32 Å². The normalized spacial score (nSPS) is 10.5. The summed E-state index contributed by atoms with van der Waals surface area (Å²) in [5, 5.41) is 3.07. The van der Waals surface area contributed by atoms with Crippen molar-refractivity contribution in [3.8, 4) is 0 Å². The van der Waals surface area contributed by atoms with Gasteiger partial charge in [0.2, 0.25) is 0 Å². The van der Waals surface area contributed by atoms with Crippen molar-refractivity contribution >= 4 is 11.6 Å². The number of rotatable bonds is 8. The first kappa shape index (κ1) is 15.7. The van der Waals surface area contributed by atoms with E-state index in [1.54, 1.807) is 18.3 Å². The summed E-state index contributed by atoms with van der Waals surface area (Å²) < 4.78 is 0. The molecule has 0 aliphatic rings. The summed E-state index contributed by atoms with van der Waals surface area (Å²) in [6, 6.07) is 19.0. The lowest BCUT2D eigenvalue weighted by Gasteiger charge is -2.01. The second kappa shape index (κ2) is 8.57. The Kier molecular flexibility index (Phi) is 6.12. The van der Waals surface area contributed by atoms with Gasteiger partial charge in [-0.15, -0.1) is 0 Å². The first-order chi connectivity index (χ1) is 10.8. The highest BCUT2D eigenvalue weighted by Gasteiger charge is 2.06. The van der Waals surface area contributed by atoms with Crippen LogP contribution in [0.25, 0.3) is 0 Å². The van der Waals surface area contributed by atoms with E-state index in [4.69, 9.17) is 0 Å². The third kappa shape index (κ3) is 5.37. The average molecular weight is 293 g/mol. The molecule has 22 heavy (non-hydrogen) atoms. The Labute approximate surface area is 130 Å². The van der Waals surface area contributed by atoms with E-state index in [1.807, 2.05) is 48.5 Å². The summed E-state index contributed by atoms with van der Waals surface area (Å²) in [5.74, 6) is -0.0514. The minimum Gasteiger partial charge on any atom is -0.387 e. The van der Waals surface area contributed by atoms with Gasteiger partial charge in [-0.3, -0.25) is 9.59 Å². The molecule has 0 atom stereocenters. The van der Waals surface area contributed by atoms with E-state index in [9.17, 15) is 9.59 Å². The molecule has 2 aromatic carbocycles. The van der Waals surface area contributed by atoms with Crippen LogP contribution in [0.5, 0.6) is 0 Å². The number of allylic oxidation sites excluding steroid dienone is 1. The van der Waals surface area contributed by atoms with Gasteiger partial charge < -0.3 is 5.32 Å². The standard InChI is InChI=1S/C19H19NO2/c21-18(11-12-19(22)17-9-5-2-6-10-17)13-14-20-15-16-7-3-1-4-8-16/h1-10,13-14,20H,11-12,15H2/b14-13-. The van der Waals surface area contributed by atoms with Crippen molar-refractivity contribution < 1.29 is 9.59 Å². The van der Waals surface area contributed by atoms with Gasteiger partial charge in [-0.25, -0.2) is 0 Å². The molecule has 0 aliphatic heterocycles. The molecule has 0 saturated heterocycles. The first-order valence-corrected chi connectivity index (χ1v) is 7.30. The SMILES string of the molecule is O=C(/C=C\NCc1ccccc1)CCC(=O)c1ccccc1. The lowest BCUT2D eigenvalue weighted by Crippen LogP contribution is -2.07. The molecular weight excluding hydrogens is 274 g/mol. The van der Waals surface area contributed by atoms with Crippen LogP contribution in [0.2, 0.25) is 0 Å². The molecule has 3 heteroatoms. The van der Waals surface area contributed by atoms with Gasteiger partial charge >= 0.3 is 0 Å². The fourth-order valence-corrected chi connectivity index (χ4v) is 2.01. The number of benzene rings is 2. The Morgan fingerprint density at radius 2 is 1.50 bits per heavy atom. The Morgan fingerprint density at radius 3 is 2.18 bits per heavy atom. The highest BCUT2D eigenvalue weighted by atomic mass is 16.1. The Hall–Kier alpha value is -2.68. The van der Waals surface area contributed by atoms with E-state index >= 15 is 0 Å². The van der Waals surface area contributed by atoms with Crippen LogP contribution in [-0.2, 0) is 11.3 Å². The molecular formula is C19H19NO2. The van der Waals surface area contributed by atoms with Crippen LogP contribution >= 0.6 is 0 Å². The summed E-state index contributed by atoms with van der Waals surface area (Å²) in [6.07, 6.45) is 3.60. The molecule has 0 radical (unpaired) electrons. The van der Waals surface area contributed by atoms with Crippen LogP contribution in [0.15, 0.2) is 72.9 Å². The number of carbonyl (C=O) groups excluding carboxylic acids is 2. The zero-order valence-corrected chi connectivity index (χ0v) is 12.4. The van der Waals surface area contributed by atoms with Crippen LogP contribution in [0.3, 0.4) is 0 Å². The van der Waals surface area contributed by atoms with Crippen molar-refractivity contribution in [3.05, 3.63) is 84.1 Å². The second-order valence-corrected chi connectivity index (χ2v) is 4.96. The smallest absolute Gasteiger partial charge is 0.163 e. The summed E-state index contributed by atoms with van der Waals surface area (Å²) in [6.45, 7) is 0.674. The van der Waals surface area contributed by atoms with Crippen LogP contribution in [0.1, 0.15) is 28.8 Å². The van der Waals surface area contributed by atoms with Crippen molar-refractivity contribution in [2.45, 2.75) is 19.4 Å². The van der Waals surface area contributed by atoms with Crippen molar-refractivity contribution in [2.75, 3.05) is 0 Å². The second-order valence-electron chi connectivity index (χ2n) is 4.96. The molecule has 0 saturated carbocycles. The summed E-state index contributed by atoms with van der Waals surface area (Å²) in [7, 11) is 0. The Balaban J connectivity index is 1.69. The lowest BCUT2D eigenvalue weighted by molar-refractivity contribution is -0.114. The molecule has 0 heterocycles. The van der Waals surface area contributed by atoms with Crippen molar-refractivity contribution in [3.63, 3.8) is 0 Å². The maximum atomic E-state index is 11.9.